The Morgan fingerprint density at radius 2 is 2.31 bits per heavy atom. The lowest BCUT2D eigenvalue weighted by atomic mass is 10.3. The van der Waals surface area contributed by atoms with E-state index in [0.29, 0.717) is 19.5 Å². The van der Waals surface area contributed by atoms with E-state index < -0.39 is 6.10 Å². The molecule has 6 heteroatoms. The molecule has 1 amide bonds. The first-order valence-electron chi connectivity index (χ1n) is 5.09. The van der Waals surface area contributed by atoms with Gasteiger partial charge in [-0.2, -0.15) is 5.10 Å². The van der Waals surface area contributed by atoms with E-state index in [0.717, 1.165) is 4.68 Å². The minimum absolute atomic E-state index is 0.233. The maximum atomic E-state index is 11.9. The van der Waals surface area contributed by atoms with E-state index >= 15 is 0 Å². The summed E-state index contributed by atoms with van der Waals surface area (Å²) in [6.45, 7) is 0.869. The highest BCUT2D eigenvalue weighted by molar-refractivity contribution is 5.92. The number of rotatable bonds is 1. The summed E-state index contributed by atoms with van der Waals surface area (Å²) < 4.78 is 1.12. The quantitative estimate of drug-likeness (QED) is 0.661. The molecular weight excluding hydrogens is 210 g/mol. The summed E-state index contributed by atoms with van der Waals surface area (Å²) in [5.41, 5.74) is -0.0193. The summed E-state index contributed by atoms with van der Waals surface area (Å²) in [5, 5.41) is 13.2. The van der Waals surface area contributed by atoms with Crippen molar-refractivity contribution in [2.45, 2.75) is 12.5 Å². The van der Waals surface area contributed by atoms with Crippen molar-refractivity contribution in [1.82, 2.24) is 14.7 Å². The van der Waals surface area contributed by atoms with Crippen molar-refractivity contribution in [1.29, 1.82) is 0 Å². The molecule has 1 atom stereocenters. The largest absolute Gasteiger partial charge is 0.391 e. The number of hydrogen-bond donors (Lipinski definition) is 1. The summed E-state index contributed by atoms with van der Waals surface area (Å²) in [7, 11) is 1.50. The molecule has 16 heavy (non-hydrogen) atoms. The molecule has 1 aromatic rings. The zero-order chi connectivity index (χ0) is 11.7. The number of β-amino-alcohol motifs (C(OH)–C–C–N with tert-alkyl or cyclic N) is 1. The molecule has 0 unspecified atom stereocenters. The fourth-order valence-electron chi connectivity index (χ4n) is 1.70. The molecule has 1 aromatic heterocycles. The number of aromatic nitrogens is 2. The van der Waals surface area contributed by atoms with Gasteiger partial charge in [-0.15, -0.1) is 0 Å². The van der Waals surface area contributed by atoms with E-state index in [9.17, 15) is 14.7 Å². The number of carbonyl (C=O) groups is 1. The van der Waals surface area contributed by atoms with Crippen LogP contribution in [0, 0.1) is 0 Å². The van der Waals surface area contributed by atoms with Gasteiger partial charge in [0.05, 0.1) is 6.10 Å². The van der Waals surface area contributed by atoms with Gasteiger partial charge in [-0.05, 0) is 12.5 Å². The van der Waals surface area contributed by atoms with Crippen molar-refractivity contribution >= 4 is 5.91 Å². The first-order chi connectivity index (χ1) is 7.58. The van der Waals surface area contributed by atoms with Crippen LogP contribution in [0.3, 0.4) is 0 Å². The van der Waals surface area contributed by atoms with E-state index in [4.69, 9.17) is 0 Å². The zero-order valence-corrected chi connectivity index (χ0v) is 8.96. The highest BCUT2D eigenvalue weighted by Crippen LogP contribution is 2.11. The molecule has 0 saturated carbocycles. The Morgan fingerprint density at radius 1 is 1.56 bits per heavy atom. The summed E-state index contributed by atoms with van der Waals surface area (Å²) in [4.78, 5) is 24.5. The van der Waals surface area contributed by atoms with Crippen LogP contribution in [0.4, 0.5) is 0 Å². The van der Waals surface area contributed by atoms with Crippen LogP contribution in [-0.4, -0.2) is 44.9 Å². The smallest absolute Gasteiger partial charge is 0.274 e. The minimum atomic E-state index is -0.448. The maximum Gasteiger partial charge on any atom is 0.274 e. The van der Waals surface area contributed by atoms with Crippen LogP contribution in [0.15, 0.2) is 16.9 Å². The Hall–Kier alpha value is -1.69. The van der Waals surface area contributed by atoms with Gasteiger partial charge in [-0.1, -0.05) is 0 Å². The molecule has 1 N–H and O–H groups in total. The second-order valence-electron chi connectivity index (χ2n) is 3.87. The summed E-state index contributed by atoms with van der Waals surface area (Å²) >= 11 is 0. The van der Waals surface area contributed by atoms with Crippen molar-refractivity contribution in [3.63, 3.8) is 0 Å². The van der Waals surface area contributed by atoms with E-state index in [-0.39, 0.29) is 17.2 Å². The summed E-state index contributed by atoms with van der Waals surface area (Å²) in [6, 6.07) is 2.72. The molecule has 0 aliphatic carbocycles. The van der Waals surface area contributed by atoms with Gasteiger partial charge in [0.2, 0.25) is 0 Å². The van der Waals surface area contributed by atoms with Crippen LogP contribution in [-0.2, 0) is 7.05 Å². The van der Waals surface area contributed by atoms with E-state index in [1.54, 1.807) is 0 Å². The Balaban J connectivity index is 2.21. The highest BCUT2D eigenvalue weighted by atomic mass is 16.3. The number of aliphatic hydroxyl groups excluding tert-OH is 1. The Bertz CT molecular complexity index is 469. The molecule has 0 aromatic carbocycles. The first-order valence-corrected chi connectivity index (χ1v) is 5.09. The lowest BCUT2D eigenvalue weighted by Crippen LogP contribution is -2.32. The van der Waals surface area contributed by atoms with Gasteiger partial charge in [-0.3, -0.25) is 9.59 Å². The predicted molar refractivity (Wildman–Crippen MR) is 56.0 cm³/mol. The number of likely N-dealkylation sites (tertiary alicyclic amines) is 1. The van der Waals surface area contributed by atoms with Crippen LogP contribution in [0.5, 0.6) is 0 Å². The van der Waals surface area contributed by atoms with Crippen LogP contribution in [0.2, 0.25) is 0 Å². The summed E-state index contributed by atoms with van der Waals surface area (Å²) in [6.07, 6.45) is 0.147. The van der Waals surface area contributed by atoms with Crippen LogP contribution < -0.4 is 5.56 Å². The number of amides is 1. The van der Waals surface area contributed by atoms with Gasteiger partial charge in [0.1, 0.15) is 5.69 Å². The number of aryl methyl sites for hydroxylation is 1. The van der Waals surface area contributed by atoms with Gasteiger partial charge >= 0.3 is 0 Å². The molecule has 0 bridgehead atoms. The van der Waals surface area contributed by atoms with Crippen LogP contribution in [0.1, 0.15) is 16.9 Å². The second-order valence-corrected chi connectivity index (χ2v) is 3.87. The number of aliphatic hydroxyl groups is 1. The lowest BCUT2D eigenvalue weighted by molar-refractivity contribution is 0.0756. The first kappa shape index (κ1) is 10.8. The van der Waals surface area contributed by atoms with Crippen molar-refractivity contribution < 1.29 is 9.90 Å². The number of nitrogens with zero attached hydrogens (tertiary/aromatic N) is 3. The summed E-state index contributed by atoms with van der Waals surface area (Å²) in [5.74, 6) is -0.243. The third kappa shape index (κ3) is 1.96. The minimum Gasteiger partial charge on any atom is -0.391 e. The third-order valence-electron chi connectivity index (χ3n) is 2.63. The molecule has 6 nitrogen and oxygen atoms in total. The molecule has 0 radical (unpaired) electrons. The topological polar surface area (TPSA) is 75.4 Å². The average molecular weight is 223 g/mol. The SMILES string of the molecule is Cn1nc(C(=O)N2CC[C@@H](O)C2)ccc1=O. The standard InChI is InChI=1S/C10H13N3O3/c1-12-9(15)3-2-8(11-12)10(16)13-5-4-7(14)6-13/h2-3,7,14H,4-6H2,1H3/t7-/m1/s1. The third-order valence-corrected chi connectivity index (χ3v) is 2.63. The van der Waals surface area contributed by atoms with Gasteiger partial charge in [0, 0.05) is 26.2 Å². The normalized spacial score (nSPS) is 20.1. The van der Waals surface area contributed by atoms with E-state index in [2.05, 4.69) is 5.10 Å². The zero-order valence-electron chi connectivity index (χ0n) is 8.96. The molecule has 1 fully saturated rings. The van der Waals surface area contributed by atoms with Gasteiger partial charge < -0.3 is 10.0 Å². The second kappa shape index (κ2) is 4.05. The monoisotopic (exact) mass is 223 g/mol. The predicted octanol–water partition coefficient (Wildman–Crippen LogP) is -1.01. The van der Waals surface area contributed by atoms with Crippen molar-refractivity contribution in [2.24, 2.45) is 7.05 Å². The Morgan fingerprint density at radius 3 is 2.88 bits per heavy atom. The highest BCUT2D eigenvalue weighted by Gasteiger charge is 2.26. The molecule has 2 rings (SSSR count). The Kier molecular flexibility index (Phi) is 2.74. The molecule has 86 valence electrons. The van der Waals surface area contributed by atoms with Gasteiger partial charge in [0.25, 0.3) is 11.5 Å². The lowest BCUT2D eigenvalue weighted by Gasteiger charge is -2.14. The molecular formula is C10H13N3O3. The van der Waals surface area contributed by atoms with E-state index in [1.165, 1.54) is 24.1 Å². The average Bonchev–Trinajstić information content (AvgIpc) is 2.68. The Labute approximate surface area is 92.1 Å². The van der Waals surface area contributed by atoms with E-state index in [1.807, 2.05) is 0 Å². The fourth-order valence-corrected chi connectivity index (χ4v) is 1.70. The fraction of sp³-hybridized carbons (Fsp3) is 0.500. The molecule has 1 saturated heterocycles. The molecule has 0 spiro atoms. The van der Waals surface area contributed by atoms with Crippen LogP contribution >= 0.6 is 0 Å². The van der Waals surface area contributed by atoms with Crippen LogP contribution in [0.25, 0.3) is 0 Å². The number of hydrogen-bond acceptors (Lipinski definition) is 4. The molecule has 2 heterocycles. The maximum absolute atomic E-state index is 11.9. The van der Waals surface area contributed by atoms with Gasteiger partial charge in [0.15, 0.2) is 0 Å². The number of carbonyl (C=O) groups excluding carboxylic acids is 1. The van der Waals surface area contributed by atoms with Crippen molar-refractivity contribution in [3.8, 4) is 0 Å². The van der Waals surface area contributed by atoms with Gasteiger partial charge in [-0.25, -0.2) is 4.68 Å². The van der Waals surface area contributed by atoms with Crippen molar-refractivity contribution in [3.05, 3.63) is 28.2 Å². The van der Waals surface area contributed by atoms with Crippen molar-refractivity contribution in [2.75, 3.05) is 13.1 Å². The molecule has 1 aliphatic rings. The molecule has 1 aliphatic heterocycles.